The van der Waals surface area contributed by atoms with Crippen LogP contribution in [0.2, 0.25) is 0 Å². The van der Waals surface area contributed by atoms with Crippen LogP contribution in [0.15, 0.2) is 64.9 Å². The summed E-state index contributed by atoms with van der Waals surface area (Å²) in [6.45, 7) is 0. The Hall–Kier alpha value is -3.24. The Bertz CT molecular complexity index is 1090. The maximum absolute atomic E-state index is 12.3. The Labute approximate surface area is 164 Å². The first-order valence-corrected chi connectivity index (χ1v) is 10.4. The van der Waals surface area contributed by atoms with Crippen molar-refractivity contribution in [2.75, 3.05) is 10.0 Å². The molecule has 0 aliphatic carbocycles. The Morgan fingerprint density at radius 3 is 2.36 bits per heavy atom. The zero-order valence-electron chi connectivity index (χ0n) is 14.3. The van der Waals surface area contributed by atoms with E-state index in [0.29, 0.717) is 11.4 Å². The SMILES string of the molecule is O=C(Cc1csc(NS(=O)(=O)c2ccccc2)n1)Nc1ccc(C(=O)O)cc1. The van der Waals surface area contributed by atoms with Crippen LogP contribution in [-0.4, -0.2) is 30.4 Å². The van der Waals surface area contributed by atoms with E-state index in [2.05, 4.69) is 15.0 Å². The number of nitrogens with one attached hydrogen (secondary N) is 2. The maximum atomic E-state index is 12.3. The van der Waals surface area contributed by atoms with Crippen LogP contribution in [0.4, 0.5) is 10.8 Å². The van der Waals surface area contributed by atoms with Crippen LogP contribution in [0, 0.1) is 0 Å². The molecule has 3 rings (SSSR count). The number of carboxylic acid groups (broad SMARTS) is 1. The van der Waals surface area contributed by atoms with Crippen molar-refractivity contribution in [1.82, 2.24) is 4.98 Å². The lowest BCUT2D eigenvalue weighted by Crippen LogP contribution is -2.15. The van der Waals surface area contributed by atoms with E-state index >= 15 is 0 Å². The zero-order valence-corrected chi connectivity index (χ0v) is 16.0. The summed E-state index contributed by atoms with van der Waals surface area (Å²) in [4.78, 5) is 27.2. The van der Waals surface area contributed by atoms with E-state index in [-0.39, 0.29) is 27.9 Å². The van der Waals surface area contributed by atoms with E-state index in [9.17, 15) is 18.0 Å². The fraction of sp³-hybridized carbons (Fsp3) is 0.0556. The van der Waals surface area contributed by atoms with Crippen LogP contribution >= 0.6 is 11.3 Å². The van der Waals surface area contributed by atoms with Crippen LogP contribution in [0.5, 0.6) is 0 Å². The monoisotopic (exact) mass is 417 g/mol. The first-order chi connectivity index (χ1) is 13.3. The van der Waals surface area contributed by atoms with Crippen LogP contribution in [0.3, 0.4) is 0 Å². The minimum atomic E-state index is -3.74. The van der Waals surface area contributed by atoms with E-state index in [0.717, 1.165) is 11.3 Å². The number of nitrogens with zero attached hydrogens (tertiary/aromatic N) is 1. The molecule has 144 valence electrons. The van der Waals surface area contributed by atoms with Crippen molar-refractivity contribution >= 4 is 44.1 Å². The predicted octanol–water partition coefficient (Wildman–Crippen LogP) is 2.82. The van der Waals surface area contributed by atoms with Crippen LogP contribution in [0.1, 0.15) is 16.1 Å². The van der Waals surface area contributed by atoms with Gasteiger partial charge in [-0.2, -0.15) is 0 Å². The van der Waals surface area contributed by atoms with E-state index in [1.807, 2.05) is 0 Å². The van der Waals surface area contributed by atoms with Gasteiger partial charge in [0.05, 0.1) is 22.6 Å². The Kier molecular flexibility index (Phi) is 5.71. The number of amides is 1. The summed E-state index contributed by atoms with van der Waals surface area (Å²) >= 11 is 1.08. The number of hydrogen-bond donors (Lipinski definition) is 3. The molecular formula is C18H15N3O5S2. The molecule has 0 aliphatic rings. The summed E-state index contributed by atoms with van der Waals surface area (Å²) in [5, 5.41) is 13.3. The maximum Gasteiger partial charge on any atom is 0.335 e. The summed E-state index contributed by atoms with van der Waals surface area (Å²) in [5.41, 5.74) is 0.985. The van der Waals surface area contributed by atoms with Crippen molar-refractivity contribution in [3.05, 3.63) is 71.2 Å². The highest BCUT2D eigenvalue weighted by molar-refractivity contribution is 7.93. The van der Waals surface area contributed by atoms with Crippen molar-refractivity contribution in [2.45, 2.75) is 11.3 Å². The van der Waals surface area contributed by atoms with Gasteiger partial charge < -0.3 is 10.4 Å². The molecule has 1 aromatic heterocycles. The minimum absolute atomic E-state index is 0.0513. The van der Waals surface area contributed by atoms with Gasteiger partial charge in [0.2, 0.25) is 5.91 Å². The van der Waals surface area contributed by atoms with Gasteiger partial charge in [-0.05, 0) is 36.4 Å². The first kappa shape index (κ1) is 19.5. The Morgan fingerprint density at radius 1 is 1.04 bits per heavy atom. The Morgan fingerprint density at radius 2 is 1.71 bits per heavy atom. The van der Waals surface area contributed by atoms with Crippen LogP contribution < -0.4 is 10.0 Å². The van der Waals surface area contributed by atoms with Crippen LogP contribution in [-0.2, 0) is 21.2 Å². The molecule has 10 heteroatoms. The topological polar surface area (TPSA) is 125 Å². The number of aromatic nitrogens is 1. The van der Waals surface area contributed by atoms with Crippen molar-refractivity contribution in [3.8, 4) is 0 Å². The van der Waals surface area contributed by atoms with Gasteiger partial charge >= 0.3 is 5.97 Å². The molecule has 0 spiro atoms. The van der Waals surface area contributed by atoms with Crippen LogP contribution in [0.25, 0.3) is 0 Å². The predicted molar refractivity (Wildman–Crippen MR) is 105 cm³/mol. The lowest BCUT2D eigenvalue weighted by molar-refractivity contribution is -0.115. The smallest absolute Gasteiger partial charge is 0.335 e. The summed E-state index contributed by atoms with van der Waals surface area (Å²) in [7, 11) is -3.74. The number of benzene rings is 2. The van der Waals surface area contributed by atoms with E-state index in [1.54, 1.807) is 23.6 Å². The molecule has 0 saturated heterocycles. The zero-order chi connectivity index (χ0) is 20.1. The van der Waals surface area contributed by atoms with Crippen molar-refractivity contribution in [2.24, 2.45) is 0 Å². The van der Waals surface area contributed by atoms with E-state index in [4.69, 9.17) is 5.11 Å². The van der Waals surface area contributed by atoms with Gasteiger partial charge in [0.15, 0.2) is 5.13 Å². The minimum Gasteiger partial charge on any atom is -0.478 e. The summed E-state index contributed by atoms with van der Waals surface area (Å²) in [5.74, 6) is -1.41. The number of aromatic carboxylic acids is 1. The van der Waals surface area contributed by atoms with Gasteiger partial charge in [-0.3, -0.25) is 9.52 Å². The van der Waals surface area contributed by atoms with E-state index in [1.165, 1.54) is 36.4 Å². The molecule has 3 aromatic rings. The second-order valence-electron chi connectivity index (χ2n) is 5.67. The molecule has 1 heterocycles. The van der Waals surface area contributed by atoms with Gasteiger partial charge in [-0.25, -0.2) is 18.2 Å². The van der Waals surface area contributed by atoms with Gasteiger partial charge in [0.25, 0.3) is 10.0 Å². The number of carbonyl (C=O) groups excluding carboxylic acids is 1. The lowest BCUT2D eigenvalue weighted by atomic mass is 10.2. The van der Waals surface area contributed by atoms with Crippen molar-refractivity contribution < 1.29 is 23.1 Å². The van der Waals surface area contributed by atoms with Gasteiger partial charge in [-0.15, -0.1) is 11.3 Å². The molecule has 3 N–H and O–H groups in total. The summed E-state index contributed by atoms with van der Waals surface area (Å²) < 4.78 is 27.0. The second-order valence-corrected chi connectivity index (χ2v) is 8.21. The first-order valence-electron chi connectivity index (χ1n) is 7.99. The quantitative estimate of drug-likeness (QED) is 0.543. The second kappa shape index (κ2) is 8.19. The molecule has 2 aromatic carbocycles. The number of thiazole rings is 1. The highest BCUT2D eigenvalue weighted by Crippen LogP contribution is 2.20. The number of carboxylic acids is 1. The number of sulfonamides is 1. The van der Waals surface area contributed by atoms with Crippen molar-refractivity contribution in [1.29, 1.82) is 0 Å². The fourth-order valence-electron chi connectivity index (χ4n) is 2.27. The molecule has 1 amide bonds. The normalized spacial score (nSPS) is 11.0. The molecule has 0 saturated carbocycles. The average molecular weight is 417 g/mol. The van der Waals surface area contributed by atoms with Gasteiger partial charge in [0, 0.05) is 11.1 Å². The number of anilines is 2. The number of hydrogen-bond acceptors (Lipinski definition) is 6. The molecule has 28 heavy (non-hydrogen) atoms. The lowest BCUT2D eigenvalue weighted by Gasteiger charge is -2.05. The molecule has 0 aliphatic heterocycles. The summed E-state index contributed by atoms with van der Waals surface area (Å²) in [6, 6.07) is 13.6. The Balaban J connectivity index is 1.61. The van der Waals surface area contributed by atoms with E-state index < -0.39 is 16.0 Å². The molecule has 0 atom stereocenters. The molecule has 0 bridgehead atoms. The van der Waals surface area contributed by atoms with Gasteiger partial charge in [0.1, 0.15) is 0 Å². The third kappa shape index (κ3) is 4.93. The fourth-order valence-corrected chi connectivity index (χ4v) is 4.26. The third-order valence-corrected chi connectivity index (χ3v) is 5.87. The standard InChI is InChI=1S/C18H15N3O5S2/c22-16(19-13-8-6-12(7-9-13)17(23)24)10-14-11-27-18(20-14)21-28(25,26)15-4-2-1-3-5-15/h1-9,11H,10H2,(H,19,22)(H,20,21)(H,23,24). The molecule has 8 nitrogen and oxygen atoms in total. The number of carbonyl (C=O) groups is 2. The molecule has 0 fully saturated rings. The largest absolute Gasteiger partial charge is 0.478 e. The highest BCUT2D eigenvalue weighted by atomic mass is 32.2. The number of rotatable bonds is 7. The molecule has 0 unspecified atom stereocenters. The third-order valence-electron chi connectivity index (χ3n) is 3.58. The highest BCUT2D eigenvalue weighted by Gasteiger charge is 2.16. The molecular weight excluding hydrogens is 402 g/mol. The van der Waals surface area contributed by atoms with Crippen molar-refractivity contribution in [3.63, 3.8) is 0 Å². The average Bonchev–Trinajstić information content (AvgIpc) is 3.08. The summed E-state index contributed by atoms with van der Waals surface area (Å²) in [6.07, 6.45) is -0.0513. The van der Waals surface area contributed by atoms with Gasteiger partial charge in [-0.1, -0.05) is 18.2 Å². The molecule has 0 radical (unpaired) electrons.